The molecule has 0 saturated heterocycles. The molecule has 0 N–H and O–H groups in total. The summed E-state index contributed by atoms with van der Waals surface area (Å²) in [6, 6.07) is 128. The number of rotatable bonds is 6. The Hall–Kier alpha value is -8.31. The first-order valence-corrected chi connectivity index (χ1v) is 30.9. The Kier molecular flexibility index (Phi) is 22.9. The summed E-state index contributed by atoms with van der Waals surface area (Å²) in [6.07, 6.45) is 0. The van der Waals surface area contributed by atoms with E-state index in [1.807, 2.05) is 12.1 Å². The molecule has 0 saturated carbocycles. The van der Waals surface area contributed by atoms with Gasteiger partial charge in [0.05, 0.1) is 0 Å². The van der Waals surface area contributed by atoms with Crippen molar-refractivity contribution in [2.75, 3.05) is 0 Å². The van der Waals surface area contributed by atoms with E-state index in [9.17, 15) is 0 Å². The van der Waals surface area contributed by atoms with Crippen LogP contribution in [0.15, 0.2) is 364 Å². The van der Waals surface area contributed by atoms with Gasteiger partial charge in [0.1, 0.15) is 0 Å². The van der Waals surface area contributed by atoms with Gasteiger partial charge in [-0.3, -0.25) is 0 Å². The van der Waals surface area contributed by atoms with Crippen LogP contribution in [-0.2, 0) is 48.5 Å². The van der Waals surface area contributed by atoms with Gasteiger partial charge in [-0.15, -0.1) is 137 Å². The SMILES string of the molecule is [Cl-].[Cl-].[Zr+2]=[C](c1ccccc1)c1ccccc1.[Zr+2]=[C](c1ccccc1)c1ccccc1.c1ccc(-c2ccc3cc[cH-]c3c2)cc1.c1ccc(-c2ccc3cc[cH-]c3c2)cc1.c1ccc2c(c1)[cH-]c1ccccc12.c1ccc2c(c1)[cH-]c1ccccc12. The molecule has 0 heterocycles. The quantitative estimate of drug-likeness (QED) is 0.146. The van der Waals surface area contributed by atoms with Crippen molar-refractivity contribution < 1.29 is 73.3 Å². The van der Waals surface area contributed by atoms with Crippen LogP contribution in [0.25, 0.3) is 86.9 Å². The van der Waals surface area contributed by atoms with Crippen molar-refractivity contribution in [1.82, 2.24) is 0 Å². The van der Waals surface area contributed by atoms with Gasteiger partial charge in [-0.05, 0) is 11.1 Å². The minimum absolute atomic E-state index is 0. The summed E-state index contributed by atoms with van der Waals surface area (Å²) in [7, 11) is 0. The van der Waals surface area contributed by atoms with Crippen LogP contribution in [0.1, 0.15) is 22.3 Å². The Bertz CT molecular complexity index is 4190. The van der Waals surface area contributed by atoms with E-state index in [4.69, 9.17) is 0 Å². The molecule has 16 aromatic rings. The third kappa shape index (κ3) is 16.1. The van der Waals surface area contributed by atoms with Gasteiger partial charge in [-0.25, -0.2) is 0 Å². The number of benzene rings is 12. The summed E-state index contributed by atoms with van der Waals surface area (Å²) in [4.78, 5) is 0. The molecule has 0 aliphatic carbocycles. The molecule has 16 aromatic carbocycles. The van der Waals surface area contributed by atoms with E-state index < -0.39 is 0 Å². The fourth-order valence-corrected chi connectivity index (χ4v) is 12.1. The second kappa shape index (κ2) is 31.7. The van der Waals surface area contributed by atoms with E-state index in [1.54, 1.807) is 0 Å². The Morgan fingerprint density at radius 2 is 0.465 bits per heavy atom. The topological polar surface area (TPSA) is 0 Å². The Balaban J connectivity index is 0.000000123. The van der Waals surface area contributed by atoms with Crippen LogP contribution in [0, 0.1) is 0 Å². The number of hydrogen-bond donors (Lipinski definition) is 0. The average Bonchev–Trinajstić information content (AvgIpc) is 4.45. The van der Waals surface area contributed by atoms with E-state index in [0.717, 1.165) is 0 Å². The zero-order chi connectivity index (χ0) is 57.1. The van der Waals surface area contributed by atoms with Crippen LogP contribution in [-0.4, -0.2) is 6.41 Å². The normalized spacial score (nSPS) is 10.3. The monoisotopic (exact) mass is 1290 g/mol. The summed E-state index contributed by atoms with van der Waals surface area (Å²) in [6.45, 7) is 0. The number of halogens is 2. The smallest absolute Gasteiger partial charge is 0.0277 e. The van der Waals surface area contributed by atoms with Gasteiger partial charge >= 0.3 is 198 Å². The van der Waals surface area contributed by atoms with Crippen LogP contribution in [0.5, 0.6) is 0 Å². The molecule has 16 rings (SSSR count). The Morgan fingerprint density at radius 3 is 0.744 bits per heavy atom. The van der Waals surface area contributed by atoms with Crippen LogP contribution < -0.4 is 24.8 Å². The third-order valence-electron chi connectivity index (χ3n) is 14.8. The predicted octanol–water partition coefficient (Wildman–Crippen LogP) is 15.5. The standard InChI is InChI=1S/2C15H11.2C13H9.2C13H10.2ClH.2Zr/c2*1-2-5-12(6-3-1)15-10-9-13-7-4-8-14(13)11-15;2*1-3-7-12-10(5-1)9-11-6-2-4-8-13(11)12;2*1-3-7-12(8-4-1)11-13-9-5-2-6-10-13;;;;/h2*1-11H;2*1-9H;2*1-10H;2*1H;;/q4*-1;;;;;2*+2/p-2. The molecule has 412 valence electrons. The number of hydrogen-bond acceptors (Lipinski definition) is 0. The fraction of sp³-hybridized carbons (Fsp3) is 0. The van der Waals surface area contributed by atoms with E-state index in [2.05, 4.69) is 352 Å². The molecule has 0 bridgehead atoms. The van der Waals surface area contributed by atoms with Crippen molar-refractivity contribution in [2.24, 2.45) is 0 Å². The molecule has 0 fully saturated rings. The minimum atomic E-state index is 0. The van der Waals surface area contributed by atoms with Crippen LogP contribution in [0.4, 0.5) is 0 Å². The van der Waals surface area contributed by atoms with E-state index in [-0.39, 0.29) is 24.8 Å². The van der Waals surface area contributed by atoms with E-state index in [0.29, 0.717) is 0 Å². The summed E-state index contributed by atoms with van der Waals surface area (Å²) < 4.78 is 2.83. The molecular weight excluding hydrogens is 1240 g/mol. The van der Waals surface area contributed by atoms with Crippen LogP contribution in [0.3, 0.4) is 0 Å². The maximum absolute atomic E-state index is 2.24. The first kappa shape index (κ1) is 62.2. The van der Waals surface area contributed by atoms with E-state index >= 15 is 0 Å². The van der Waals surface area contributed by atoms with Gasteiger partial charge in [-0.1, -0.05) is 157 Å². The van der Waals surface area contributed by atoms with Gasteiger partial charge in [0.2, 0.25) is 0 Å². The molecule has 0 aliphatic heterocycles. The first-order chi connectivity index (χ1) is 41.5. The summed E-state index contributed by atoms with van der Waals surface area (Å²) in [5.74, 6) is 0. The average molecular weight is 1300 g/mol. The van der Waals surface area contributed by atoms with Crippen molar-refractivity contribution in [2.45, 2.75) is 0 Å². The van der Waals surface area contributed by atoms with Crippen molar-refractivity contribution in [1.29, 1.82) is 0 Å². The van der Waals surface area contributed by atoms with Crippen molar-refractivity contribution in [3.05, 3.63) is 386 Å². The second-order valence-corrected chi connectivity index (χ2v) is 22.8. The summed E-state index contributed by atoms with van der Waals surface area (Å²) in [5.41, 5.74) is 10.5. The van der Waals surface area contributed by atoms with Gasteiger partial charge in [-0.2, -0.15) is 24.3 Å². The Morgan fingerprint density at radius 1 is 0.221 bits per heavy atom. The molecule has 0 unspecified atom stereocenters. The second-order valence-electron chi connectivity index (χ2n) is 20.3. The minimum Gasteiger partial charge on any atom is -0.168 e. The van der Waals surface area contributed by atoms with Crippen LogP contribution in [0.2, 0.25) is 0 Å². The number of fused-ring (bicyclic) bond motifs is 8. The maximum atomic E-state index is 2.24. The molecule has 4 heteroatoms. The first-order valence-electron chi connectivity index (χ1n) is 28.4. The van der Waals surface area contributed by atoms with Crippen LogP contribution >= 0.6 is 0 Å². The zero-order valence-corrected chi connectivity index (χ0v) is 53.8. The maximum Gasteiger partial charge on any atom is -0.0277 e. The zero-order valence-electron chi connectivity index (χ0n) is 47.4. The molecule has 0 aliphatic rings. The van der Waals surface area contributed by atoms with Gasteiger partial charge in [0.15, 0.2) is 0 Å². The molecule has 0 amide bonds. The van der Waals surface area contributed by atoms with Crippen molar-refractivity contribution in [3.63, 3.8) is 0 Å². The summed E-state index contributed by atoms with van der Waals surface area (Å²) in [5, 5.41) is 16.0. The van der Waals surface area contributed by atoms with Crippen molar-refractivity contribution >= 4 is 71.0 Å². The predicted molar refractivity (Wildman–Crippen MR) is 356 cm³/mol. The molecule has 0 aromatic heterocycles. The third-order valence-corrected chi connectivity index (χ3v) is 17.6. The molecule has 0 atom stereocenters. The van der Waals surface area contributed by atoms with Gasteiger partial charge in [0, 0.05) is 0 Å². The largest absolute Gasteiger partial charge is 0.168 e. The molecular formula is C82H60Cl2Zr2-2. The van der Waals surface area contributed by atoms with Gasteiger partial charge < -0.3 is 24.8 Å². The Labute approximate surface area is 547 Å². The summed E-state index contributed by atoms with van der Waals surface area (Å²) >= 11 is 2.92. The van der Waals surface area contributed by atoms with Gasteiger partial charge in [0.25, 0.3) is 0 Å². The van der Waals surface area contributed by atoms with E-state index in [1.165, 1.54) is 164 Å². The molecule has 0 spiro atoms. The molecule has 86 heavy (non-hydrogen) atoms. The molecule has 0 radical (unpaired) electrons. The fourth-order valence-electron chi connectivity index (χ4n) is 10.4. The molecule has 0 nitrogen and oxygen atoms in total. The van der Waals surface area contributed by atoms with Crippen molar-refractivity contribution in [3.8, 4) is 22.3 Å².